The van der Waals surface area contributed by atoms with Crippen molar-refractivity contribution in [2.75, 3.05) is 19.8 Å². The summed E-state index contributed by atoms with van der Waals surface area (Å²) in [5, 5.41) is 3.72. The predicted molar refractivity (Wildman–Crippen MR) is 62.2 cm³/mol. The Balaban J connectivity index is 1.39. The van der Waals surface area contributed by atoms with Gasteiger partial charge in [-0.15, -0.1) is 0 Å². The first-order chi connectivity index (χ1) is 7.86. The Hall–Kier alpha value is -0.120. The Bertz CT molecular complexity index is 224. The van der Waals surface area contributed by atoms with Crippen molar-refractivity contribution < 1.29 is 9.47 Å². The smallest absolute Gasteiger partial charge is 0.168 e. The van der Waals surface area contributed by atoms with Gasteiger partial charge in [0.15, 0.2) is 5.79 Å². The lowest BCUT2D eigenvalue weighted by molar-refractivity contribution is -0.179. The molecule has 2 aliphatic carbocycles. The summed E-state index contributed by atoms with van der Waals surface area (Å²) < 4.78 is 11.5. The van der Waals surface area contributed by atoms with Crippen LogP contribution in [-0.4, -0.2) is 31.6 Å². The highest BCUT2D eigenvalue weighted by atomic mass is 16.7. The SMILES string of the molecule is C1CC(CNC2CCC3(CC2)OCCO3)C1. The Kier molecular flexibility index (Phi) is 3.18. The number of ether oxygens (including phenoxy) is 2. The Morgan fingerprint density at radius 3 is 2.25 bits per heavy atom. The van der Waals surface area contributed by atoms with E-state index >= 15 is 0 Å². The normalized spacial score (nSPS) is 30.8. The Morgan fingerprint density at radius 2 is 1.69 bits per heavy atom. The minimum absolute atomic E-state index is 0.186. The third-order valence-corrected chi connectivity index (χ3v) is 4.48. The molecule has 1 heterocycles. The maximum Gasteiger partial charge on any atom is 0.168 e. The van der Waals surface area contributed by atoms with Crippen LogP contribution in [0, 0.1) is 5.92 Å². The molecule has 0 aromatic carbocycles. The van der Waals surface area contributed by atoms with E-state index in [4.69, 9.17) is 9.47 Å². The molecule has 1 N–H and O–H groups in total. The quantitative estimate of drug-likeness (QED) is 0.797. The van der Waals surface area contributed by atoms with Gasteiger partial charge in [-0.3, -0.25) is 0 Å². The van der Waals surface area contributed by atoms with Crippen LogP contribution in [0.4, 0.5) is 0 Å². The Labute approximate surface area is 97.9 Å². The molecule has 3 fully saturated rings. The molecular weight excluding hydrogens is 202 g/mol. The highest BCUT2D eigenvalue weighted by molar-refractivity contribution is 4.86. The van der Waals surface area contributed by atoms with Crippen molar-refractivity contribution in [3.63, 3.8) is 0 Å². The van der Waals surface area contributed by atoms with Gasteiger partial charge in [-0.25, -0.2) is 0 Å². The van der Waals surface area contributed by atoms with E-state index in [1.54, 1.807) is 0 Å². The van der Waals surface area contributed by atoms with Crippen LogP contribution in [0.25, 0.3) is 0 Å². The first-order valence-corrected chi connectivity index (χ1v) is 6.88. The van der Waals surface area contributed by atoms with Gasteiger partial charge in [0.2, 0.25) is 0 Å². The molecule has 3 nitrogen and oxygen atoms in total. The molecule has 0 radical (unpaired) electrons. The monoisotopic (exact) mass is 225 g/mol. The topological polar surface area (TPSA) is 30.5 Å². The van der Waals surface area contributed by atoms with Crippen LogP contribution in [0.5, 0.6) is 0 Å². The van der Waals surface area contributed by atoms with E-state index in [2.05, 4.69) is 5.32 Å². The molecule has 0 bridgehead atoms. The van der Waals surface area contributed by atoms with Crippen LogP contribution in [0.1, 0.15) is 44.9 Å². The van der Waals surface area contributed by atoms with Crippen LogP contribution >= 0.6 is 0 Å². The largest absolute Gasteiger partial charge is 0.348 e. The Morgan fingerprint density at radius 1 is 1.00 bits per heavy atom. The van der Waals surface area contributed by atoms with E-state index in [1.807, 2.05) is 0 Å². The molecule has 3 heteroatoms. The lowest BCUT2D eigenvalue weighted by Crippen LogP contribution is -2.43. The van der Waals surface area contributed by atoms with Gasteiger partial charge >= 0.3 is 0 Å². The molecular formula is C13H23NO2. The average Bonchev–Trinajstić information content (AvgIpc) is 2.68. The van der Waals surface area contributed by atoms with Crippen LogP contribution in [-0.2, 0) is 9.47 Å². The van der Waals surface area contributed by atoms with Crippen LogP contribution in [0.15, 0.2) is 0 Å². The summed E-state index contributed by atoms with van der Waals surface area (Å²) in [4.78, 5) is 0. The fourth-order valence-electron chi connectivity index (χ4n) is 3.08. The number of rotatable bonds is 3. The van der Waals surface area contributed by atoms with Crippen molar-refractivity contribution in [2.45, 2.75) is 56.8 Å². The summed E-state index contributed by atoms with van der Waals surface area (Å²) in [5.74, 6) is 0.782. The maximum absolute atomic E-state index is 5.74. The highest BCUT2D eigenvalue weighted by Crippen LogP contribution is 2.36. The summed E-state index contributed by atoms with van der Waals surface area (Å²) in [6.07, 6.45) is 8.91. The molecule has 0 aromatic rings. The minimum Gasteiger partial charge on any atom is -0.348 e. The fraction of sp³-hybridized carbons (Fsp3) is 1.00. The molecule has 0 atom stereocenters. The van der Waals surface area contributed by atoms with Gasteiger partial charge in [0.25, 0.3) is 0 Å². The number of nitrogens with one attached hydrogen (secondary N) is 1. The van der Waals surface area contributed by atoms with Gasteiger partial charge < -0.3 is 14.8 Å². The first kappa shape index (κ1) is 11.0. The second kappa shape index (κ2) is 4.63. The van der Waals surface area contributed by atoms with Gasteiger partial charge in [0.05, 0.1) is 13.2 Å². The van der Waals surface area contributed by atoms with Crippen LogP contribution in [0.2, 0.25) is 0 Å². The zero-order valence-electron chi connectivity index (χ0n) is 10.0. The fourth-order valence-corrected chi connectivity index (χ4v) is 3.08. The summed E-state index contributed by atoms with van der Waals surface area (Å²) in [7, 11) is 0. The van der Waals surface area contributed by atoms with Gasteiger partial charge in [-0.1, -0.05) is 6.42 Å². The molecule has 0 aromatic heterocycles. The summed E-state index contributed by atoms with van der Waals surface area (Å²) >= 11 is 0. The minimum atomic E-state index is -0.186. The lowest BCUT2D eigenvalue weighted by Gasteiger charge is -2.37. The van der Waals surface area contributed by atoms with Crippen molar-refractivity contribution in [1.29, 1.82) is 0 Å². The molecule has 92 valence electrons. The third kappa shape index (κ3) is 2.27. The van der Waals surface area contributed by atoms with Crippen LogP contribution in [0.3, 0.4) is 0 Å². The molecule has 2 saturated carbocycles. The number of hydrogen-bond donors (Lipinski definition) is 1. The molecule has 16 heavy (non-hydrogen) atoms. The lowest BCUT2D eigenvalue weighted by atomic mass is 9.84. The van der Waals surface area contributed by atoms with E-state index < -0.39 is 0 Å². The standard InChI is InChI=1S/C13H23NO2/c1-2-11(3-1)10-14-12-4-6-13(7-5-12)15-8-9-16-13/h11-12,14H,1-10H2. The second-order valence-corrected chi connectivity index (χ2v) is 5.59. The van der Waals surface area contributed by atoms with Crippen molar-refractivity contribution >= 4 is 0 Å². The van der Waals surface area contributed by atoms with Crippen molar-refractivity contribution in [3.8, 4) is 0 Å². The van der Waals surface area contributed by atoms with Gasteiger partial charge in [0.1, 0.15) is 0 Å². The van der Waals surface area contributed by atoms with E-state index in [9.17, 15) is 0 Å². The van der Waals surface area contributed by atoms with Crippen molar-refractivity contribution in [1.82, 2.24) is 5.32 Å². The summed E-state index contributed by atoms with van der Waals surface area (Å²) in [6, 6.07) is 0.707. The van der Waals surface area contributed by atoms with Crippen LogP contribution < -0.4 is 5.32 Å². The highest BCUT2D eigenvalue weighted by Gasteiger charge is 2.40. The number of hydrogen-bond acceptors (Lipinski definition) is 3. The predicted octanol–water partition coefficient (Wildman–Crippen LogP) is 2.06. The first-order valence-electron chi connectivity index (χ1n) is 6.88. The van der Waals surface area contributed by atoms with Gasteiger partial charge in [0, 0.05) is 18.9 Å². The van der Waals surface area contributed by atoms with Gasteiger partial charge in [-0.2, -0.15) is 0 Å². The molecule has 1 aliphatic heterocycles. The van der Waals surface area contributed by atoms with Gasteiger partial charge in [-0.05, 0) is 38.1 Å². The molecule has 3 rings (SSSR count). The van der Waals surface area contributed by atoms with E-state index in [-0.39, 0.29) is 5.79 Å². The van der Waals surface area contributed by atoms with E-state index in [0.717, 1.165) is 32.0 Å². The molecule has 0 unspecified atom stereocenters. The van der Waals surface area contributed by atoms with Crippen molar-refractivity contribution in [3.05, 3.63) is 0 Å². The molecule has 1 saturated heterocycles. The molecule has 3 aliphatic rings. The zero-order valence-corrected chi connectivity index (χ0v) is 10.0. The third-order valence-electron chi connectivity index (χ3n) is 4.48. The van der Waals surface area contributed by atoms with Crippen molar-refractivity contribution in [2.24, 2.45) is 5.92 Å². The average molecular weight is 225 g/mol. The summed E-state index contributed by atoms with van der Waals surface area (Å²) in [6.45, 7) is 2.82. The second-order valence-electron chi connectivity index (χ2n) is 5.59. The van der Waals surface area contributed by atoms with E-state index in [1.165, 1.54) is 38.6 Å². The zero-order chi connectivity index (χ0) is 10.8. The summed E-state index contributed by atoms with van der Waals surface area (Å²) in [5.41, 5.74) is 0. The maximum atomic E-state index is 5.74. The van der Waals surface area contributed by atoms with E-state index in [0.29, 0.717) is 6.04 Å². The molecule has 1 spiro atoms. The molecule has 0 amide bonds.